The lowest BCUT2D eigenvalue weighted by molar-refractivity contribution is 0.0747. The third-order valence-corrected chi connectivity index (χ3v) is 4.70. The highest BCUT2D eigenvalue weighted by Gasteiger charge is 2.25. The fourth-order valence-corrected chi connectivity index (χ4v) is 3.37. The maximum atomic E-state index is 12.9. The fourth-order valence-electron chi connectivity index (χ4n) is 3.37. The topological polar surface area (TPSA) is 45.9 Å². The summed E-state index contributed by atoms with van der Waals surface area (Å²) in [4.78, 5) is 17.1. The van der Waals surface area contributed by atoms with Gasteiger partial charge in [0.1, 0.15) is 11.3 Å². The van der Waals surface area contributed by atoms with Crippen LogP contribution in [0.5, 0.6) is 5.75 Å². The first-order chi connectivity index (χ1) is 12.3. The predicted molar refractivity (Wildman–Crippen MR) is 97.3 cm³/mol. The highest BCUT2D eigenvalue weighted by molar-refractivity contribution is 6.04. The van der Waals surface area contributed by atoms with Crippen LogP contribution in [-0.2, 0) is 0 Å². The molecule has 5 nitrogen and oxygen atoms in total. The van der Waals surface area contributed by atoms with Crippen LogP contribution in [0.2, 0.25) is 0 Å². The molecule has 0 aliphatic carbocycles. The van der Waals surface area contributed by atoms with Gasteiger partial charge in [-0.3, -0.25) is 4.79 Å². The van der Waals surface area contributed by atoms with Gasteiger partial charge < -0.3 is 19.0 Å². The molecule has 0 atom stereocenters. The molecule has 5 heteroatoms. The molecule has 0 bridgehead atoms. The second-order valence-electron chi connectivity index (χ2n) is 6.10. The molecular weight excluding hydrogens is 316 g/mol. The van der Waals surface area contributed by atoms with Crippen LogP contribution in [-0.4, -0.2) is 44.1 Å². The molecule has 1 aliphatic rings. The number of nitrogens with zero attached hydrogens (tertiary/aromatic N) is 2. The number of piperazine rings is 1. The molecule has 2 heterocycles. The number of carbonyl (C=O) groups is 1. The van der Waals surface area contributed by atoms with Crippen molar-refractivity contribution in [3.8, 4) is 5.75 Å². The van der Waals surface area contributed by atoms with Crippen molar-refractivity contribution in [2.24, 2.45) is 0 Å². The van der Waals surface area contributed by atoms with Crippen molar-refractivity contribution in [3.05, 3.63) is 60.4 Å². The van der Waals surface area contributed by atoms with E-state index >= 15 is 0 Å². The minimum absolute atomic E-state index is 0.0280. The SMILES string of the molecule is COc1ccccc1N1CCN(C(=O)c2cccc3ccoc23)CC1. The third kappa shape index (κ3) is 2.82. The molecule has 0 spiro atoms. The van der Waals surface area contributed by atoms with E-state index in [0.29, 0.717) is 24.2 Å². The predicted octanol–water partition coefficient (Wildman–Crippen LogP) is 3.40. The zero-order valence-corrected chi connectivity index (χ0v) is 14.1. The summed E-state index contributed by atoms with van der Waals surface area (Å²) in [5.74, 6) is 0.892. The van der Waals surface area contributed by atoms with Gasteiger partial charge in [-0.25, -0.2) is 0 Å². The van der Waals surface area contributed by atoms with Gasteiger partial charge >= 0.3 is 0 Å². The van der Waals surface area contributed by atoms with Gasteiger partial charge in [0.05, 0.1) is 24.6 Å². The summed E-state index contributed by atoms with van der Waals surface area (Å²) in [7, 11) is 1.68. The Bertz CT molecular complexity index is 895. The molecular formula is C20H20N2O3. The summed E-state index contributed by atoms with van der Waals surface area (Å²) < 4.78 is 11.0. The van der Waals surface area contributed by atoms with Crippen LogP contribution < -0.4 is 9.64 Å². The monoisotopic (exact) mass is 336 g/mol. The second-order valence-corrected chi connectivity index (χ2v) is 6.10. The van der Waals surface area contributed by atoms with Crippen molar-refractivity contribution in [1.82, 2.24) is 4.90 Å². The average Bonchev–Trinajstić information content (AvgIpc) is 3.16. The Morgan fingerprint density at radius 3 is 2.60 bits per heavy atom. The number of ether oxygens (including phenoxy) is 1. The Morgan fingerprint density at radius 1 is 1.00 bits per heavy atom. The van der Waals surface area contributed by atoms with Crippen molar-refractivity contribution in [3.63, 3.8) is 0 Å². The van der Waals surface area contributed by atoms with Crippen LogP contribution in [0.3, 0.4) is 0 Å². The number of fused-ring (bicyclic) bond motifs is 1. The van der Waals surface area contributed by atoms with Gasteiger partial charge in [0.25, 0.3) is 5.91 Å². The number of hydrogen-bond acceptors (Lipinski definition) is 4. The van der Waals surface area contributed by atoms with Crippen molar-refractivity contribution in [1.29, 1.82) is 0 Å². The van der Waals surface area contributed by atoms with E-state index in [0.717, 1.165) is 29.9 Å². The van der Waals surface area contributed by atoms with Crippen molar-refractivity contribution < 1.29 is 13.9 Å². The molecule has 2 aromatic carbocycles. The Balaban J connectivity index is 1.50. The first-order valence-electron chi connectivity index (χ1n) is 8.41. The lowest BCUT2D eigenvalue weighted by atomic mass is 10.1. The normalized spacial score (nSPS) is 14.8. The lowest BCUT2D eigenvalue weighted by Crippen LogP contribution is -2.48. The number of furan rings is 1. The molecule has 25 heavy (non-hydrogen) atoms. The Kier molecular flexibility index (Phi) is 4.06. The number of rotatable bonds is 3. The van der Waals surface area contributed by atoms with Crippen molar-refractivity contribution >= 4 is 22.6 Å². The van der Waals surface area contributed by atoms with Crippen LogP contribution >= 0.6 is 0 Å². The van der Waals surface area contributed by atoms with Crippen LogP contribution in [0.1, 0.15) is 10.4 Å². The minimum atomic E-state index is 0.0280. The van der Waals surface area contributed by atoms with Crippen molar-refractivity contribution in [2.75, 3.05) is 38.2 Å². The number of carbonyl (C=O) groups excluding carboxylic acids is 1. The molecule has 3 aromatic rings. The Morgan fingerprint density at radius 2 is 1.80 bits per heavy atom. The fraction of sp³-hybridized carbons (Fsp3) is 0.250. The van der Waals surface area contributed by atoms with Crippen molar-refractivity contribution in [2.45, 2.75) is 0 Å². The first kappa shape index (κ1) is 15.6. The standard InChI is InChI=1S/C20H20N2O3/c1-24-18-8-3-2-7-17(18)21-10-12-22(13-11-21)20(23)16-6-4-5-15-9-14-25-19(15)16/h2-9,14H,10-13H2,1H3. The second kappa shape index (κ2) is 6.51. The Hall–Kier alpha value is -2.95. The molecule has 128 valence electrons. The third-order valence-electron chi connectivity index (χ3n) is 4.70. The number of anilines is 1. The van der Waals surface area contributed by atoms with Gasteiger partial charge in [0, 0.05) is 31.6 Å². The van der Waals surface area contributed by atoms with E-state index in [-0.39, 0.29) is 5.91 Å². The van der Waals surface area contributed by atoms with E-state index in [9.17, 15) is 4.79 Å². The zero-order chi connectivity index (χ0) is 17.2. The number of para-hydroxylation sites is 3. The van der Waals surface area contributed by atoms with E-state index in [2.05, 4.69) is 11.0 Å². The van der Waals surface area contributed by atoms with Gasteiger partial charge in [-0.05, 0) is 24.3 Å². The van der Waals surface area contributed by atoms with Gasteiger partial charge in [0.2, 0.25) is 0 Å². The number of benzene rings is 2. The largest absolute Gasteiger partial charge is 0.495 e. The number of amides is 1. The summed E-state index contributed by atoms with van der Waals surface area (Å²) in [6, 6.07) is 15.6. The van der Waals surface area contributed by atoms with Gasteiger partial charge in [-0.15, -0.1) is 0 Å². The summed E-state index contributed by atoms with van der Waals surface area (Å²) in [6.45, 7) is 2.91. The quantitative estimate of drug-likeness (QED) is 0.735. The molecule has 4 rings (SSSR count). The highest BCUT2D eigenvalue weighted by atomic mass is 16.5. The summed E-state index contributed by atoms with van der Waals surface area (Å²) in [5.41, 5.74) is 2.37. The van der Waals surface area contributed by atoms with Crippen LogP contribution in [0, 0.1) is 0 Å². The molecule has 1 amide bonds. The molecule has 0 N–H and O–H groups in total. The number of hydrogen-bond donors (Lipinski definition) is 0. The van der Waals surface area contributed by atoms with Crippen LogP contribution in [0.15, 0.2) is 59.2 Å². The summed E-state index contributed by atoms with van der Waals surface area (Å²) in [5, 5.41) is 0.957. The van der Waals surface area contributed by atoms with E-state index in [1.54, 1.807) is 13.4 Å². The van der Waals surface area contributed by atoms with Crippen LogP contribution in [0.25, 0.3) is 11.0 Å². The van der Waals surface area contributed by atoms with Gasteiger partial charge in [-0.1, -0.05) is 24.3 Å². The lowest BCUT2D eigenvalue weighted by Gasteiger charge is -2.36. The highest BCUT2D eigenvalue weighted by Crippen LogP contribution is 2.29. The Labute approximate surface area is 146 Å². The molecule has 1 fully saturated rings. The summed E-state index contributed by atoms with van der Waals surface area (Å²) in [6.07, 6.45) is 1.63. The molecule has 1 aromatic heterocycles. The molecule has 1 saturated heterocycles. The first-order valence-corrected chi connectivity index (χ1v) is 8.41. The van der Waals surface area contributed by atoms with Gasteiger partial charge in [-0.2, -0.15) is 0 Å². The molecule has 0 radical (unpaired) electrons. The average molecular weight is 336 g/mol. The minimum Gasteiger partial charge on any atom is -0.495 e. The molecule has 0 unspecified atom stereocenters. The van der Waals surface area contributed by atoms with E-state index < -0.39 is 0 Å². The van der Waals surface area contributed by atoms with Gasteiger partial charge in [0.15, 0.2) is 0 Å². The van der Waals surface area contributed by atoms with E-state index in [1.807, 2.05) is 47.4 Å². The molecule has 0 saturated carbocycles. The maximum Gasteiger partial charge on any atom is 0.257 e. The zero-order valence-electron chi connectivity index (χ0n) is 14.1. The number of methoxy groups -OCH3 is 1. The maximum absolute atomic E-state index is 12.9. The summed E-state index contributed by atoms with van der Waals surface area (Å²) >= 11 is 0. The van der Waals surface area contributed by atoms with E-state index in [1.165, 1.54) is 0 Å². The van der Waals surface area contributed by atoms with E-state index in [4.69, 9.17) is 9.15 Å². The smallest absolute Gasteiger partial charge is 0.257 e. The van der Waals surface area contributed by atoms with Crippen LogP contribution in [0.4, 0.5) is 5.69 Å². The molecule has 1 aliphatic heterocycles.